The Bertz CT molecular complexity index is 292. The van der Waals surface area contributed by atoms with E-state index in [0.29, 0.717) is 5.56 Å². The molecule has 0 bridgehead atoms. The Labute approximate surface area is 70.3 Å². The van der Waals surface area contributed by atoms with E-state index in [4.69, 9.17) is 10.2 Å². The van der Waals surface area contributed by atoms with Gasteiger partial charge in [-0.15, -0.1) is 0 Å². The lowest BCUT2D eigenvalue weighted by molar-refractivity contribution is 0.0696. The van der Waals surface area contributed by atoms with Crippen molar-refractivity contribution in [2.75, 3.05) is 0 Å². The van der Waals surface area contributed by atoms with Crippen LogP contribution in [0.3, 0.4) is 0 Å². The molecule has 0 aliphatic carbocycles. The highest BCUT2D eigenvalue weighted by molar-refractivity contribution is 5.87. The van der Waals surface area contributed by atoms with Crippen LogP contribution in [-0.4, -0.2) is 16.2 Å². The zero-order valence-electron chi connectivity index (χ0n) is 6.69. The fraction of sp³-hybridized carbons (Fsp3) is 0.222. The Morgan fingerprint density at radius 2 is 2.17 bits per heavy atom. The lowest BCUT2D eigenvalue weighted by Gasteiger charge is -2.04. The Hall–Kier alpha value is -1.35. The van der Waals surface area contributed by atoms with Crippen LogP contribution in [0, 0.1) is 0 Å². The van der Waals surface area contributed by atoms with Crippen LogP contribution in [0.4, 0.5) is 0 Å². The fourth-order valence-electron chi connectivity index (χ4n) is 0.932. The molecule has 0 heterocycles. The van der Waals surface area contributed by atoms with E-state index in [0.717, 1.165) is 0 Å². The molecule has 3 nitrogen and oxygen atoms in total. The van der Waals surface area contributed by atoms with Gasteiger partial charge in [0, 0.05) is 0 Å². The Balaban J connectivity index is 3.04. The summed E-state index contributed by atoms with van der Waals surface area (Å²) >= 11 is 0. The summed E-state index contributed by atoms with van der Waals surface area (Å²) in [5.74, 6) is -0.975. The average molecular weight is 166 g/mol. The number of benzene rings is 1. The molecule has 0 radical (unpaired) electrons. The first kappa shape index (κ1) is 8.74. The van der Waals surface area contributed by atoms with Gasteiger partial charge in [-0.05, 0) is 24.6 Å². The third kappa shape index (κ3) is 1.83. The largest absolute Gasteiger partial charge is 0.478 e. The van der Waals surface area contributed by atoms with Crippen LogP contribution in [0.15, 0.2) is 24.3 Å². The molecule has 2 N–H and O–H groups in total. The lowest BCUT2D eigenvalue weighted by Crippen LogP contribution is -1.98. The summed E-state index contributed by atoms with van der Waals surface area (Å²) in [6.45, 7) is 1.60. The fourth-order valence-corrected chi connectivity index (χ4v) is 0.932. The van der Waals surface area contributed by atoms with Gasteiger partial charge in [-0.1, -0.05) is 12.1 Å². The minimum atomic E-state index is -0.975. The van der Waals surface area contributed by atoms with Gasteiger partial charge in [0.1, 0.15) is 0 Å². The molecule has 1 aromatic rings. The molecular formula is C9H10O3. The van der Waals surface area contributed by atoms with Crippen molar-refractivity contribution in [3.05, 3.63) is 35.4 Å². The molecule has 0 aromatic heterocycles. The molecule has 0 amide bonds. The van der Waals surface area contributed by atoms with Crippen LogP contribution in [0.5, 0.6) is 0 Å². The molecule has 64 valence electrons. The summed E-state index contributed by atoms with van der Waals surface area (Å²) in [7, 11) is 0. The Kier molecular flexibility index (Phi) is 2.45. The molecule has 0 saturated carbocycles. The van der Waals surface area contributed by atoms with Gasteiger partial charge in [0.15, 0.2) is 0 Å². The van der Waals surface area contributed by atoms with Gasteiger partial charge in [-0.25, -0.2) is 4.79 Å². The summed E-state index contributed by atoms with van der Waals surface area (Å²) < 4.78 is 0. The predicted molar refractivity (Wildman–Crippen MR) is 44.0 cm³/mol. The maximum absolute atomic E-state index is 10.5. The van der Waals surface area contributed by atoms with E-state index in [1.165, 1.54) is 12.1 Å². The van der Waals surface area contributed by atoms with Crippen LogP contribution in [-0.2, 0) is 0 Å². The van der Waals surface area contributed by atoms with Gasteiger partial charge in [0.2, 0.25) is 0 Å². The van der Waals surface area contributed by atoms with Crippen molar-refractivity contribution in [2.24, 2.45) is 0 Å². The number of rotatable bonds is 2. The standard InChI is InChI=1S/C9H10O3/c1-6(10)7-3-2-4-8(5-7)9(11)12/h2-6,10H,1H3,(H,11,12)/t6-/m0/s1. The van der Waals surface area contributed by atoms with Crippen molar-refractivity contribution in [1.82, 2.24) is 0 Å². The second kappa shape index (κ2) is 3.36. The highest BCUT2D eigenvalue weighted by Crippen LogP contribution is 2.13. The summed E-state index contributed by atoms with van der Waals surface area (Å²) in [6.07, 6.45) is -0.621. The lowest BCUT2D eigenvalue weighted by atomic mass is 10.1. The van der Waals surface area contributed by atoms with Crippen molar-refractivity contribution in [3.63, 3.8) is 0 Å². The minimum absolute atomic E-state index is 0.202. The van der Waals surface area contributed by atoms with Gasteiger partial charge in [0.05, 0.1) is 11.7 Å². The monoisotopic (exact) mass is 166 g/mol. The van der Waals surface area contributed by atoms with E-state index in [1.54, 1.807) is 19.1 Å². The summed E-state index contributed by atoms with van der Waals surface area (Å²) in [5, 5.41) is 17.7. The first-order chi connectivity index (χ1) is 5.61. The first-order valence-electron chi connectivity index (χ1n) is 3.62. The van der Waals surface area contributed by atoms with Gasteiger partial charge < -0.3 is 10.2 Å². The summed E-state index contributed by atoms with van der Waals surface area (Å²) in [6, 6.07) is 6.27. The molecule has 1 atom stereocenters. The van der Waals surface area contributed by atoms with E-state index in [9.17, 15) is 4.79 Å². The topological polar surface area (TPSA) is 57.5 Å². The van der Waals surface area contributed by atoms with Crippen LogP contribution in [0.25, 0.3) is 0 Å². The van der Waals surface area contributed by atoms with Gasteiger partial charge in [-0.3, -0.25) is 0 Å². The van der Waals surface area contributed by atoms with Gasteiger partial charge in [0.25, 0.3) is 0 Å². The number of aromatic carboxylic acids is 1. The molecule has 12 heavy (non-hydrogen) atoms. The number of carboxylic acids is 1. The van der Waals surface area contributed by atoms with Crippen molar-refractivity contribution >= 4 is 5.97 Å². The SMILES string of the molecule is C[C@H](O)c1cccc(C(=O)O)c1. The number of hydrogen-bond donors (Lipinski definition) is 2. The third-order valence-electron chi connectivity index (χ3n) is 1.62. The Morgan fingerprint density at radius 3 is 2.67 bits per heavy atom. The number of carboxylic acid groups (broad SMARTS) is 1. The van der Waals surface area contributed by atoms with Crippen molar-refractivity contribution < 1.29 is 15.0 Å². The van der Waals surface area contributed by atoms with Crippen molar-refractivity contribution in [1.29, 1.82) is 0 Å². The molecule has 0 fully saturated rings. The van der Waals surface area contributed by atoms with Crippen LogP contribution in [0.1, 0.15) is 28.9 Å². The van der Waals surface area contributed by atoms with Crippen molar-refractivity contribution in [2.45, 2.75) is 13.0 Å². The molecule has 0 spiro atoms. The highest BCUT2D eigenvalue weighted by atomic mass is 16.4. The van der Waals surface area contributed by atoms with E-state index in [2.05, 4.69) is 0 Å². The number of hydrogen-bond acceptors (Lipinski definition) is 2. The minimum Gasteiger partial charge on any atom is -0.478 e. The molecule has 0 aliphatic rings. The Morgan fingerprint density at radius 1 is 1.50 bits per heavy atom. The van der Waals surface area contributed by atoms with Crippen molar-refractivity contribution in [3.8, 4) is 0 Å². The molecule has 0 unspecified atom stereocenters. The maximum atomic E-state index is 10.5. The maximum Gasteiger partial charge on any atom is 0.335 e. The highest BCUT2D eigenvalue weighted by Gasteiger charge is 2.05. The zero-order chi connectivity index (χ0) is 9.14. The molecule has 1 aromatic carbocycles. The quantitative estimate of drug-likeness (QED) is 0.698. The second-order valence-corrected chi connectivity index (χ2v) is 2.61. The van der Waals surface area contributed by atoms with Crippen LogP contribution >= 0.6 is 0 Å². The van der Waals surface area contributed by atoms with Gasteiger partial charge in [-0.2, -0.15) is 0 Å². The zero-order valence-corrected chi connectivity index (χ0v) is 6.69. The molecule has 1 rings (SSSR count). The number of aliphatic hydroxyl groups excluding tert-OH is 1. The predicted octanol–water partition coefficient (Wildman–Crippen LogP) is 1.44. The van der Waals surface area contributed by atoms with E-state index in [1.807, 2.05) is 0 Å². The number of carbonyl (C=O) groups is 1. The van der Waals surface area contributed by atoms with Gasteiger partial charge >= 0.3 is 5.97 Å². The summed E-state index contributed by atoms with van der Waals surface area (Å²) in [5.41, 5.74) is 0.823. The molecule has 3 heteroatoms. The smallest absolute Gasteiger partial charge is 0.335 e. The van der Waals surface area contributed by atoms with Crippen LogP contribution < -0.4 is 0 Å². The first-order valence-corrected chi connectivity index (χ1v) is 3.62. The van der Waals surface area contributed by atoms with E-state index >= 15 is 0 Å². The summed E-state index contributed by atoms with van der Waals surface area (Å²) in [4.78, 5) is 10.5. The van der Waals surface area contributed by atoms with E-state index < -0.39 is 12.1 Å². The molecular weight excluding hydrogens is 156 g/mol. The van der Waals surface area contributed by atoms with E-state index in [-0.39, 0.29) is 5.56 Å². The second-order valence-electron chi connectivity index (χ2n) is 2.61. The molecule has 0 aliphatic heterocycles. The molecule has 0 saturated heterocycles. The van der Waals surface area contributed by atoms with Crippen LogP contribution in [0.2, 0.25) is 0 Å². The normalized spacial score (nSPS) is 12.5. The average Bonchev–Trinajstić information content (AvgIpc) is 2.04. The number of aliphatic hydroxyl groups is 1. The third-order valence-corrected chi connectivity index (χ3v) is 1.62.